The number of carbonyl (C=O) groups is 2. The van der Waals surface area contributed by atoms with Crippen LogP contribution in [-0.4, -0.2) is 12.0 Å². The fourth-order valence-electron chi connectivity index (χ4n) is 2.43. The molecular weight excluding hydrogens is 296 g/mol. The summed E-state index contributed by atoms with van der Waals surface area (Å²) in [6.45, 7) is 1.82. The van der Waals surface area contributed by atoms with Crippen LogP contribution in [0.2, 0.25) is 0 Å². The van der Waals surface area contributed by atoms with Gasteiger partial charge in [0.15, 0.2) is 0 Å². The van der Waals surface area contributed by atoms with Gasteiger partial charge in [0.05, 0.1) is 11.8 Å². The summed E-state index contributed by atoms with van der Waals surface area (Å²) in [6, 6.07) is 11.7. The maximum Gasteiger partial charge on any atom is 0.338 e. The Bertz CT molecular complexity index is 735. The van der Waals surface area contributed by atoms with E-state index in [1.807, 2.05) is 30.3 Å². The van der Waals surface area contributed by atoms with Crippen molar-refractivity contribution in [3.8, 4) is 0 Å². The van der Waals surface area contributed by atoms with Crippen molar-refractivity contribution in [2.75, 3.05) is 0 Å². The van der Waals surface area contributed by atoms with Crippen LogP contribution in [0, 0.1) is 0 Å². The molecule has 0 radical (unpaired) electrons. The van der Waals surface area contributed by atoms with Crippen LogP contribution in [0.15, 0.2) is 64.4 Å². The Kier molecular flexibility index (Phi) is 4.14. The number of ether oxygens (including phenoxy) is 1. The van der Waals surface area contributed by atoms with Gasteiger partial charge in [-0.05, 0) is 24.6 Å². The summed E-state index contributed by atoms with van der Waals surface area (Å²) in [5.74, 6) is -0.0221. The van der Waals surface area contributed by atoms with Crippen LogP contribution in [0.4, 0.5) is 4.79 Å². The smallest absolute Gasteiger partial charge is 0.338 e. The fourth-order valence-corrected chi connectivity index (χ4v) is 2.43. The first-order valence-corrected chi connectivity index (χ1v) is 7.18. The monoisotopic (exact) mass is 312 g/mol. The molecule has 6 nitrogen and oxygen atoms in total. The topological polar surface area (TPSA) is 80.6 Å². The van der Waals surface area contributed by atoms with Crippen LogP contribution in [0.1, 0.15) is 24.3 Å². The van der Waals surface area contributed by atoms with Gasteiger partial charge < -0.3 is 19.8 Å². The quantitative estimate of drug-likeness (QED) is 0.851. The van der Waals surface area contributed by atoms with Gasteiger partial charge in [-0.25, -0.2) is 9.59 Å². The molecule has 6 heteroatoms. The molecule has 0 aliphatic carbocycles. The van der Waals surface area contributed by atoms with Crippen LogP contribution >= 0.6 is 0 Å². The minimum atomic E-state index is -0.665. The van der Waals surface area contributed by atoms with Crippen LogP contribution in [0.5, 0.6) is 0 Å². The Morgan fingerprint density at radius 2 is 2.00 bits per heavy atom. The summed E-state index contributed by atoms with van der Waals surface area (Å²) in [7, 11) is 0. The molecule has 2 N–H and O–H groups in total. The molecule has 2 heterocycles. The number of urea groups is 1. The number of furan rings is 1. The lowest BCUT2D eigenvalue weighted by molar-refractivity contribution is -0.140. The molecule has 1 aliphatic heterocycles. The number of hydrogen-bond donors (Lipinski definition) is 2. The number of nitrogens with one attached hydrogen (secondary N) is 2. The molecule has 1 aromatic carbocycles. The lowest BCUT2D eigenvalue weighted by atomic mass is 10.0. The number of carbonyl (C=O) groups excluding carboxylic acids is 2. The molecule has 0 fully saturated rings. The van der Waals surface area contributed by atoms with Gasteiger partial charge in [-0.3, -0.25) is 0 Å². The number of rotatable bonds is 4. The highest BCUT2D eigenvalue weighted by Gasteiger charge is 2.33. The Morgan fingerprint density at radius 3 is 2.70 bits per heavy atom. The predicted molar refractivity (Wildman–Crippen MR) is 82.1 cm³/mol. The highest BCUT2D eigenvalue weighted by Crippen LogP contribution is 2.28. The third-order valence-electron chi connectivity index (χ3n) is 3.53. The molecule has 0 spiro atoms. The first kappa shape index (κ1) is 14.9. The number of allylic oxidation sites excluding steroid dienone is 1. The van der Waals surface area contributed by atoms with E-state index in [1.54, 1.807) is 19.1 Å². The van der Waals surface area contributed by atoms with Crippen LogP contribution in [0.25, 0.3) is 0 Å². The third-order valence-corrected chi connectivity index (χ3v) is 3.53. The minimum absolute atomic E-state index is 0.162. The van der Waals surface area contributed by atoms with E-state index in [1.165, 1.54) is 6.26 Å². The molecule has 2 amide bonds. The zero-order valence-corrected chi connectivity index (χ0v) is 12.5. The van der Waals surface area contributed by atoms with Gasteiger partial charge in [0.1, 0.15) is 18.4 Å². The van der Waals surface area contributed by atoms with Crippen molar-refractivity contribution in [2.45, 2.75) is 19.6 Å². The molecule has 3 rings (SSSR count). The standard InChI is InChI=1S/C17H16N2O4/c1-11-14(16(20)23-10-12-6-3-2-4-7-12)15(19-17(21)18-11)13-8-5-9-22-13/h2-9,15H,10H2,1H3,(H2,18,19,21)/t15-/m1/s1. The lowest BCUT2D eigenvalue weighted by Crippen LogP contribution is -2.45. The number of hydrogen-bond acceptors (Lipinski definition) is 4. The van der Waals surface area contributed by atoms with Gasteiger partial charge in [0, 0.05) is 5.70 Å². The summed E-state index contributed by atoms with van der Waals surface area (Å²) < 4.78 is 10.7. The van der Waals surface area contributed by atoms with E-state index in [0.29, 0.717) is 17.0 Å². The molecular formula is C17H16N2O4. The van der Waals surface area contributed by atoms with E-state index in [2.05, 4.69) is 10.6 Å². The van der Waals surface area contributed by atoms with Crippen molar-refractivity contribution in [3.63, 3.8) is 0 Å². The minimum Gasteiger partial charge on any atom is -0.467 e. The Morgan fingerprint density at radius 1 is 1.22 bits per heavy atom. The van der Waals surface area contributed by atoms with Gasteiger partial charge in [0.2, 0.25) is 0 Å². The van der Waals surface area contributed by atoms with Gasteiger partial charge in [0.25, 0.3) is 0 Å². The zero-order valence-electron chi connectivity index (χ0n) is 12.5. The SMILES string of the molecule is CC1=C(C(=O)OCc2ccccc2)[C@@H](c2ccco2)NC(=O)N1. The van der Waals surface area contributed by atoms with Crippen molar-refractivity contribution >= 4 is 12.0 Å². The second-order valence-electron chi connectivity index (χ2n) is 5.15. The van der Waals surface area contributed by atoms with Crippen molar-refractivity contribution < 1.29 is 18.7 Å². The average molecular weight is 312 g/mol. The van der Waals surface area contributed by atoms with Crippen molar-refractivity contribution in [3.05, 3.63) is 71.3 Å². The fraction of sp³-hybridized carbons (Fsp3) is 0.176. The Balaban J connectivity index is 1.81. The van der Waals surface area contributed by atoms with E-state index in [0.717, 1.165) is 5.56 Å². The summed E-state index contributed by atoms with van der Waals surface area (Å²) in [4.78, 5) is 24.2. The first-order chi connectivity index (χ1) is 11.1. The Labute approximate surface area is 133 Å². The maximum absolute atomic E-state index is 12.5. The maximum atomic E-state index is 12.5. The molecule has 2 aromatic rings. The normalized spacial score (nSPS) is 17.4. The molecule has 0 unspecified atom stereocenters. The summed E-state index contributed by atoms with van der Waals surface area (Å²) in [6.07, 6.45) is 1.49. The summed E-state index contributed by atoms with van der Waals surface area (Å²) in [5, 5.41) is 5.26. The van der Waals surface area contributed by atoms with Gasteiger partial charge in [-0.1, -0.05) is 30.3 Å². The van der Waals surface area contributed by atoms with Crippen molar-refractivity contribution in [1.82, 2.24) is 10.6 Å². The number of esters is 1. The van der Waals surface area contributed by atoms with E-state index in [-0.39, 0.29) is 12.6 Å². The molecule has 1 atom stereocenters. The molecule has 118 valence electrons. The van der Waals surface area contributed by atoms with E-state index >= 15 is 0 Å². The predicted octanol–water partition coefficient (Wildman–Crippen LogP) is 2.65. The molecule has 0 bridgehead atoms. The van der Waals surface area contributed by atoms with E-state index in [4.69, 9.17) is 9.15 Å². The largest absolute Gasteiger partial charge is 0.467 e. The molecule has 0 saturated carbocycles. The zero-order chi connectivity index (χ0) is 16.2. The van der Waals surface area contributed by atoms with Crippen LogP contribution in [0.3, 0.4) is 0 Å². The van der Waals surface area contributed by atoms with Crippen molar-refractivity contribution in [1.29, 1.82) is 0 Å². The molecule has 0 saturated heterocycles. The highest BCUT2D eigenvalue weighted by molar-refractivity contribution is 5.94. The Hall–Kier alpha value is -3.02. The lowest BCUT2D eigenvalue weighted by Gasteiger charge is -2.26. The summed E-state index contributed by atoms with van der Waals surface area (Å²) in [5.41, 5.74) is 1.67. The third kappa shape index (κ3) is 3.26. The second-order valence-corrected chi connectivity index (χ2v) is 5.15. The first-order valence-electron chi connectivity index (χ1n) is 7.18. The second kappa shape index (κ2) is 6.39. The van der Waals surface area contributed by atoms with Crippen molar-refractivity contribution in [2.24, 2.45) is 0 Å². The summed E-state index contributed by atoms with van der Waals surface area (Å²) >= 11 is 0. The van der Waals surface area contributed by atoms with Gasteiger partial charge in [-0.15, -0.1) is 0 Å². The van der Waals surface area contributed by atoms with Crippen LogP contribution < -0.4 is 10.6 Å². The molecule has 1 aromatic heterocycles. The molecule has 23 heavy (non-hydrogen) atoms. The number of benzene rings is 1. The van der Waals surface area contributed by atoms with Crippen LogP contribution in [-0.2, 0) is 16.1 Å². The van der Waals surface area contributed by atoms with Gasteiger partial charge >= 0.3 is 12.0 Å². The number of amides is 2. The van der Waals surface area contributed by atoms with Gasteiger partial charge in [-0.2, -0.15) is 0 Å². The highest BCUT2D eigenvalue weighted by atomic mass is 16.5. The van der Waals surface area contributed by atoms with E-state index in [9.17, 15) is 9.59 Å². The van der Waals surface area contributed by atoms with E-state index < -0.39 is 12.0 Å². The molecule has 1 aliphatic rings. The average Bonchev–Trinajstić information content (AvgIpc) is 3.07.